The summed E-state index contributed by atoms with van der Waals surface area (Å²) in [5.74, 6) is -0.00938. The Balaban J connectivity index is 1.86. The van der Waals surface area contributed by atoms with Crippen LogP contribution in [0.1, 0.15) is 12.6 Å². The molecule has 1 amide bonds. The number of carbonyl (C=O) groups excluding carboxylic acids is 1. The average Bonchev–Trinajstić information content (AvgIpc) is 2.96. The molecule has 100 valence electrons. The highest BCUT2D eigenvalue weighted by Crippen LogP contribution is 2.14. The summed E-state index contributed by atoms with van der Waals surface area (Å²) in [6, 6.07) is 4.12. The monoisotopic (exact) mass is 251 g/mol. The maximum atomic E-state index is 12.1. The molecule has 2 atom stereocenters. The molecule has 1 aromatic heterocycles. The van der Waals surface area contributed by atoms with Gasteiger partial charge in [0.25, 0.3) is 0 Å². The van der Waals surface area contributed by atoms with Gasteiger partial charge in [-0.1, -0.05) is 6.92 Å². The van der Waals surface area contributed by atoms with Gasteiger partial charge >= 0.3 is 0 Å². The number of nitrogens with zero attached hydrogens (tertiary/aromatic N) is 1. The van der Waals surface area contributed by atoms with Crippen molar-refractivity contribution in [2.24, 2.45) is 13.0 Å². The zero-order valence-corrected chi connectivity index (χ0v) is 11.0. The summed E-state index contributed by atoms with van der Waals surface area (Å²) < 4.78 is 7.38. The summed E-state index contributed by atoms with van der Waals surface area (Å²) in [6.07, 6.45) is 1.97. The molecule has 5 heteroatoms. The summed E-state index contributed by atoms with van der Waals surface area (Å²) >= 11 is 0. The Morgan fingerprint density at radius 3 is 3.06 bits per heavy atom. The number of hydrogen-bond donors (Lipinski definition) is 2. The van der Waals surface area contributed by atoms with E-state index in [1.807, 2.05) is 36.9 Å². The molecule has 0 saturated carbocycles. The van der Waals surface area contributed by atoms with E-state index in [9.17, 15) is 4.79 Å². The topological polar surface area (TPSA) is 55.3 Å². The number of aromatic nitrogens is 1. The lowest BCUT2D eigenvalue weighted by Gasteiger charge is -2.17. The van der Waals surface area contributed by atoms with Crippen molar-refractivity contribution < 1.29 is 9.53 Å². The number of rotatable bonds is 5. The lowest BCUT2D eigenvalue weighted by atomic mass is 10.0. The van der Waals surface area contributed by atoms with Gasteiger partial charge in [-0.25, -0.2) is 0 Å². The second-order valence-electron chi connectivity index (χ2n) is 4.64. The number of nitrogens with one attached hydrogen (secondary N) is 2. The van der Waals surface area contributed by atoms with Gasteiger partial charge in [0.1, 0.15) is 0 Å². The van der Waals surface area contributed by atoms with E-state index in [0.29, 0.717) is 19.8 Å². The number of aryl methyl sites for hydroxylation is 1. The lowest BCUT2D eigenvalue weighted by Crippen LogP contribution is -2.43. The summed E-state index contributed by atoms with van der Waals surface area (Å²) in [5, 5.41) is 6.27. The van der Waals surface area contributed by atoms with Gasteiger partial charge in [-0.3, -0.25) is 4.79 Å². The number of amides is 1. The zero-order valence-electron chi connectivity index (χ0n) is 11.0. The molecule has 0 aromatic carbocycles. The number of hydrogen-bond acceptors (Lipinski definition) is 3. The second-order valence-corrected chi connectivity index (χ2v) is 4.64. The van der Waals surface area contributed by atoms with E-state index >= 15 is 0 Å². The minimum atomic E-state index is -0.0785. The van der Waals surface area contributed by atoms with Crippen molar-refractivity contribution in [3.05, 3.63) is 24.0 Å². The fourth-order valence-corrected chi connectivity index (χ4v) is 2.26. The summed E-state index contributed by atoms with van der Waals surface area (Å²) in [5.41, 5.74) is 1.10. The van der Waals surface area contributed by atoms with Gasteiger partial charge in [-0.05, 0) is 18.7 Å². The molecule has 18 heavy (non-hydrogen) atoms. The first-order valence-electron chi connectivity index (χ1n) is 6.41. The van der Waals surface area contributed by atoms with E-state index in [0.717, 1.165) is 12.2 Å². The van der Waals surface area contributed by atoms with E-state index in [4.69, 9.17) is 4.74 Å². The highest BCUT2D eigenvalue weighted by molar-refractivity contribution is 5.79. The minimum absolute atomic E-state index is 0.0691. The highest BCUT2D eigenvalue weighted by atomic mass is 16.5. The predicted molar refractivity (Wildman–Crippen MR) is 69.0 cm³/mol. The molecule has 2 rings (SSSR count). The maximum absolute atomic E-state index is 12.1. The predicted octanol–water partition coefficient (Wildman–Crippen LogP) is 0.266. The molecule has 0 spiro atoms. The molecule has 2 N–H and O–H groups in total. The smallest absolute Gasteiger partial charge is 0.227 e. The number of carbonyl (C=O) groups is 1. The molecule has 0 aliphatic carbocycles. The molecule has 1 aliphatic heterocycles. The molecule has 1 saturated heterocycles. The molecule has 1 aliphatic rings. The Kier molecular flexibility index (Phi) is 4.38. The second kappa shape index (κ2) is 6.02. The van der Waals surface area contributed by atoms with Crippen LogP contribution >= 0.6 is 0 Å². The minimum Gasteiger partial charge on any atom is -0.379 e. The van der Waals surface area contributed by atoms with Crippen LogP contribution in [0.5, 0.6) is 0 Å². The molecular formula is C13H21N3O2. The Morgan fingerprint density at radius 2 is 2.39 bits per heavy atom. The Hall–Kier alpha value is -1.33. The van der Waals surface area contributed by atoms with Crippen molar-refractivity contribution in [1.29, 1.82) is 0 Å². The van der Waals surface area contributed by atoms with Crippen LogP contribution in [0.25, 0.3) is 0 Å². The van der Waals surface area contributed by atoms with Gasteiger partial charge in [0, 0.05) is 25.0 Å². The van der Waals surface area contributed by atoms with E-state index < -0.39 is 0 Å². The maximum Gasteiger partial charge on any atom is 0.227 e. The lowest BCUT2D eigenvalue weighted by molar-refractivity contribution is -0.125. The Bertz CT molecular complexity index is 403. The molecule has 1 fully saturated rings. The fraction of sp³-hybridized carbons (Fsp3) is 0.615. The van der Waals surface area contributed by atoms with Crippen LogP contribution in [-0.2, 0) is 23.1 Å². The van der Waals surface area contributed by atoms with Gasteiger partial charge < -0.3 is 19.9 Å². The average molecular weight is 251 g/mol. The van der Waals surface area contributed by atoms with Gasteiger partial charge in [-0.15, -0.1) is 0 Å². The van der Waals surface area contributed by atoms with Gasteiger partial charge in [0.2, 0.25) is 5.91 Å². The molecule has 5 nitrogen and oxygen atoms in total. The van der Waals surface area contributed by atoms with Crippen molar-refractivity contribution >= 4 is 5.91 Å². The van der Waals surface area contributed by atoms with Crippen molar-refractivity contribution in [3.63, 3.8) is 0 Å². The Labute approximate surface area is 108 Å². The third-order valence-electron chi connectivity index (χ3n) is 3.38. The van der Waals surface area contributed by atoms with Crippen LogP contribution in [0.15, 0.2) is 18.3 Å². The normalized spacial score (nSPS) is 23.2. The molecule has 1 aromatic rings. The Morgan fingerprint density at radius 1 is 1.56 bits per heavy atom. The fourth-order valence-electron chi connectivity index (χ4n) is 2.26. The molecular weight excluding hydrogens is 230 g/mol. The van der Waals surface area contributed by atoms with Crippen LogP contribution in [0, 0.1) is 5.92 Å². The summed E-state index contributed by atoms with van der Waals surface area (Å²) in [6.45, 7) is 4.59. The van der Waals surface area contributed by atoms with Crippen LogP contribution in [0.3, 0.4) is 0 Å². The van der Waals surface area contributed by atoms with Gasteiger partial charge in [0.05, 0.1) is 25.7 Å². The largest absolute Gasteiger partial charge is 0.379 e. The van der Waals surface area contributed by atoms with Crippen LogP contribution < -0.4 is 10.6 Å². The van der Waals surface area contributed by atoms with E-state index in [-0.39, 0.29) is 17.9 Å². The van der Waals surface area contributed by atoms with Crippen molar-refractivity contribution in [2.75, 3.05) is 19.8 Å². The van der Waals surface area contributed by atoms with E-state index in [1.165, 1.54) is 0 Å². The number of likely N-dealkylation sites (N-methyl/N-ethyl adjacent to an activating group) is 1. The molecule has 0 bridgehead atoms. The van der Waals surface area contributed by atoms with Crippen LogP contribution in [0.2, 0.25) is 0 Å². The quantitative estimate of drug-likeness (QED) is 0.789. The van der Waals surface area contributed by atoms with Gasteiger partial charge in [0.15, 0.2) is 0 Å². The molecule has 2 unspecified atom stereocenters. The van der Waals surface area contributed by atoms with E-state index in [2.05, 4.69) is 10.6 Å². The van der Waals surface area contributed by atoms with E-state index in [1.54, 1.807) is 0 Å². The third kappa shape index (κ3) is 2.91. The van der Waals surface area contributed by atoms with Crippen LogP contribution in [0.4, 0.5) is 0 Å². The first-order chi connectivity index (χ1) is 8.72. The zero-order chi connectivity index (χ0) is 13.0. The van der Waals surface area contributed by atoms with Gasteiger partial charge in [-0.2, -0.15) is 0 Å². The molecule has 0 radical (unpaired) electrons. The molecule has 2 heterocycles. The number of ether oxygens (including phenoxy) is 1. The SMILES string of the molecule is CCNC1COCC1C(=O)NCc1cccn1C. The standard InChI is InChI=1S/C13H21N3O2/c1-3-14-12-9-18-8-11(12)13(17)15-7-10-5-4-6-16(10)2/h4-6,11-12,14H,3,7-9H2,1-2H3,(H,15,17). The summed E-state index contributed by atoms with van der Waals surface area (Å²) in [4.78, 5) is 12.1. The first kappa shape index (κ1) is 13.1. The third-order valence-corrected chi connectivity index (χ3v) is 3.38. The van der Waals surface area contributed by atoms with Crippen molar-refractivity contribution in [2.45, 2.75) is 19.5 Å². The summed E-state index contributed by atoms with van der Waals surface area (Å²) in [7, 11) is 1.97. The highest BCUT2D eigenvalue weighted by Gasteiger charge is 2.33. The van der Waals surface area contributed by atoms with Crippen LogP contribution in [-0.4, -0.2) is 36.3 Å². The van der Waals surface area contributed by atoms with Crippen molar-refractivity contribution in [1.82, 2.24) is 15.2 Å². The first-order valence-corrected chi connectivity index (χ1v) is 6.41. The van der Waals surface area contributed by atoms with Crippen molar-refractivity contribution in [3.8, 4) is 0 Å².